The second-order valence-corrected chi connectivity index (χ2v) is 31.5. The average Bonchev–Trinajstić information content (AvgIpc) is 2.41. The Balaban J connectivity index is 5.24. The Hall–Kier alpha value is -1.94. The predicted octanol–water partition coefficient (Wildman–Crippen LogP) is 21.3. The molecule has 0 aliphatic rings. The van der Waals surface area contributed by atoms with Crippen LogP contribution >= 0.6 is 15.6 Å². The van der Waals surface area contributed by atoms with E-state index in [-0.39, 0.29) is 25.7 Å². The Morgan fingerprint density at radius 2 is 0.452 bits per heavy atom. The quantitative estimate of drug-likeness (QED) is 0.0222. The van der Waals surface area contributed by atoms with Gasteiger partial charge in [-0.05, 0) is 49.4 Å². The minimum Gasteiger partial charge on any atom is -0.462 e. The molecule has 17 nitrogen and oxygen atoms in total. The van der Waals surface area contributed by atoms with Crippen molar-refractivity contribution in [2.45, 2.75) is 388 Å². The maximum Gasteiger partial charge on any atom is 0.472 e. The van der Waals surface area contributed by atoms with Crippen LogP contribution in [0.25, 0.3) is 0 Å². The maximum absolute atomic E-state index is 13.1. The third-order valence-corrected chi connectivity index (χ3v) is 19.0. The van der Waals surface area contributed by atoms with Crippen LogP contribution in [0.15, 0.2) is 0 Å². The SMILES string of the molecule is CC(C)CCCCCCCCCCCCCCCCC(=O)OC[C@H](COP(=O)(O)OCC(O)COP(=O)(O)OC[C@@H](COC(=O)CCCCCCCCCCC(C)C)OC(=O)CCCCCCCCCCCC(C)C)OC(=O)CCCCCCCCCCCCC(C)C. The van der Waals surface area contributed by atoms with Crippen LogP contribution in [0, 0.1) is 23.7 Å². The van der Waals surface area contributed by atoms with Crippen LogP contribution in [0.4, 0.5) is 0 Å². The lowest BCUT2D eigenvalue weighted by Gasteiger charge is -2.21. The molecule has 0 fully saturated rings. The Labute approximate surface area is 568 Å². The highest BCUT2D eigenvalue weighted by atomic mass is 31.2. The molecule has 0 radical (unpaired) electrons. The van der Waals surface area contributed by atoms with Gasteiger partial charge in [0.15, 0.2) is 12.2 Å². The molecule has 0 bridgehead atoms. The molecule has 0 aliphatic carbocycles. The second kappa shape index (κ2) is 63.5. The minimum atomic E-state index is -4.96. The van der Waals surface area contributed by atoms with Gasteiger partial charge in [0, 0.05) is 25.7 Å². The van der Waals surface area contributed by atoms with Crippen molar-refractivity contribution in [1.82, 2.24) is 0 Å². The largest absolute Gasteiger partial charge is 0.472 e. The average molecular weight is 1370 g/mol. The lowest BCUT2D eigenvalue weighted by Crippen LogP contribution is -2.30. The van der Waals surface area contributed by atoms with Crippen LogP contribution in [-0.2, 0) is 65.4 Å². The maximum atomic E-state index is 13.1. The number of hydrogen-bond acceptors (Lipinski definition) is 15. The van der Waals surface area contributed by atoms with Crippen LogP contribution in [-0.4, -0.2) is 96.7 Å². The number of unbranched alkanes of at least 4 members (excludes halogenated alkanes) is 37. The third-order valence-electron chi connectivity index (χ3n) is 17.1. The summed E-state index contributed by atoms with van der Waals surface area (Å²) in [5.74, 6) is 0.890. The van der Waals surface area contributed by atoms with Gasteiger partial charge < -0.3 is 33.8 Å². The van der Waals surface area contributed by atoms with Crippen molar-refractivity contribution >= 4 is 39.5 Å². The van der Waals surface area contributed by atoms with Crippen molar-refractivity contribution in [3.8, 4) is 0 Å². The van der Waals surface area contributed by atoms with E-state index in [0.29, 0.717) is 25.7 Å². The van der Waals surface area contributed by atoms with E-state index in [4.69, 9.17) is 37.0 Å². The molecule has 0 aromatic heterocycles. The van der Waals surface area contributed by atoms with Crippen molar-refractivity contribution in [1.29, 1.82) is 0 Å². The number of rotatable bonds is 71. The zero-order valence-electron chi connectivity index (χ0n) is 60.9. The molecule has 0 rings (SSSR count). The smallest absolute Gasteiger partial charge is 0.462 e. The molecule has 93 heavy (non-hydrogen) atoms. The fraction of sp³-hybridized carbons (Fsp3) is 0.946. The van der Waals surface area contributed by atoms with E-state index in [1.54, 1.807) is 0 Å². The van der Waals surface area contributed by atoms with E-state index in [0.717, 1.165) is 114 Å². The van der Waals surface area contributed by atoms with Crippen LogP contribution < -0.4 is 0 Å². The summed E-state index contributed by atoms with van der Waals surface area (Å²) in [6.45, 7) is 14.1. The van der Waals surface area contributed by atoms with Gasteiger partial charge in [0.1, 0.15) is 19.3 Å². The summed E-state index contributed by atoms with van der Waals surface area (Å²) in [6.07, 6.45) is 47.2. The van der Waals surface area contributed by atoms with E-state index >= 15 is 0 Å². The second-order valence-electron chi connectivity index (χ2n) is 28.6. The number of carbonyl (C=O) groups excluding carboxylic acids is 4. The first kappa shape index (κ1) is 91.1. The molecule has 0 saturated heterocycles. The van der Waals surface area contributed by atoms with Crippen LogP contribution in [0.3, 0.4) is 0 Å². The summed E-state index contributed by atoms with van der Waals surface area (Å²) in [5, 5.41) is 10.6. The van der Waals surface area contributed by atoms with Crippen LogP contribution in [0.2, 0.25) is 0 Å². The summed E-state index contributed by atoms with van der Waals surface area (Å²) < 4.78 is 68.4. The highest BCUT2D eigenvalue weighted by Crippen LogP contribution is 2.45. The topological polar surface area (TPSA) is 237 Å². The number of aliphatic hydroxyl groups is 1. The normalized spacial score (nSPS) is 14.2. The number of ether oxygens (including phenoxy) is 4. The van der Waals surface area contributed by atoms with Gasteiger partial charge in [-0.3, -0.25) is 37.3 Å². The fourth-order valence-electron chi connectivity index (χ4n) is 11.2. The molecule has 0 aromatic rings. The summed E-state index contributed by atoms with van der Waals surface area (Å²) in [7, 11) is -9.91. The van der Waals surface area contributed by atoms with E-state index in [2.05, 4.69) is 55.4 Å². The lowest BCUT2D eigenvalue weighted by atomic mass is 10.0. The van der Waals surface area contributed by atoms with E-state index < -0.39 is 97.5 Å². The number of carbonyl (C=O) groups is 4. The summed E-state index contributed by atoms with van der Waals surface area (Å²) in [4.78, 5) is 72.7. The predicted molar refractivity (Wildman–Crippen MR) is 377 cm³/mol. The zero-order valence-corrected chi connectivity index (χ0v) is 62.7. The lowest BCUT2D eigenvalue weighted by molar-refractivity contribution is -0.161. The highest BCUT2D eigenvalue weighted by Gasteiger charge is 2.30. The molecule has 0 saturated carbocycles. The molecule has 0 aromatic carbocycles. The molecule has 3 unspecified atom stereocenters. The van der Waals surface area contributed by atoms with E-state index in [1.807, 2.05) is 0 Å². The number of hydrogen-bond donors (Lipinski definition) is 3. The van der Waals surface area contributed by atoms with Gasteiger partial charge in [-0.1, -0.05) is 319 Å². The van der Waals surface area contributed by atoms with Crippen molar-refractivity contribution in [2.24, 2.45) is 23.7 Å². The zero-order chi connectivity index (χ0) is 68.9. The molecular formula is C74H144O17P2. The molecule has 0 aliphatic heterocycles. The Morgan fingerprint density at radius 1 is 0.269 bits per heavy atom. The molecule has 19 heteroatoms. The first-order valence-corrected chi connectivity index (χ1v) is 41.2. The Morgan fingerprint density at radius 3 is 0.667 bits per heavy atom. The Kier molecular flexibility index (Phi) is 62.2. The molecular weight excluding hydrogens is 1220 g/mol. The van der Waals surface area contributed by atoms with Gasteiger partial charge >= 0.3 is 39.5 Å². The fourth-order valence-corrected chi connectivity index (χ4v) is 12.8. The van der Waals surface area contributed by atoms with Gasteiger partial charge in [0.05, 0.1) is 26.4 Å². The molecule has 5 atom stereocenters. The van der Waals surface area contributed by atoms with Crippen LogP contribution in [0.1, 0.15) is 370 Å². The number of phosphoric acid groups is 2. The van der Waals surface area contributed by atoms with Gasteiger partial charge in [-0.2, -0.15) is 0 Å². The van der Waals surface area contributed by atoms with Gasteiger partial charge in [-0.25, -0.2) is 9.13 Å². The summed E-state index contributed by atoms with van der Waals surface area (Å²) in [6, 6.07) is 0. The first-order chi connectivity index (χ1) is 44.6. The molecule has 0 spiro atoms. The Bertz CT molecular complexity index is 1830. The van der Waals surface area contributed by atoms with Gasteiger partial charge in [0.2, 0.25) is 0 Å². The van der Waals surface area contributed by atoms with Crippen molar-refractivity contribution in [3.05, 3.63) is 0 Å². The standard InChI is InChI=1S/C74H144O17P2/c1-64(2)50-42-34-26-18-13-11-9-10-12-14-21-30-38-46-54-71(76)84-60-69(90-73(78)56-48-40-32-22-16-15-19-27-35-43-51-65(3)4)62-88-92(80,81)86-58-68(75)59-87-93(82,83)89-63-70(61-85-72(77)55-47-39-31-25-24-29-37-45-53-67(7)8)91-74(79)57-49-41-33-23-17-20-28-36-44-52-66(5)6/h64-70,75H,9-63H2,1-8H3,(H,80,81)(H,82,83)/t68?,69-,70-/m1/s1. The number of aliphatic hydroxyl groups excluding tert-OH is 1. The minimum absolute atomic E-state index is 0.104. The van der Waals surface area contributed by atoms with E-state index in [1.165, 1.54) is 173 Å². The van der Waals surface area contributed by atoms with Crippen LogP contribution in [0.5, 0.6) is 0 Å². The molecule has 0 heterocycles. The van der Waals surface area contributed by atoms with Gasteiger partial charge in [0.25, 0.3) is 0 Å². The van der Waals surface area contributed by atoms with Gasteiger partial charge in [-0.15, -0.1) is 0 Å². The highest BCUT2D eigenvalue weighted by molar-refractivity contribution is 7.47. The number of esters is 4. The number of phosphoric ester groups is 2. The summed E-state index contributed by atoms with van der Waals surface area (Å²) in [5.41, 5.74) is 0. The third kappa shape index (κ3) is 68.4. The van der Waals surface area contributed by atoms with Crippen molar-refractivity contribution < 1.29 is 80.2 Å². The molecule has 3 N–H and O–H groups in total. The molecule has 0 amide bonds. The molecule has 552 valence electrons. The monoisotopic (exact) mass is 1370 g/mol. The van der Waals surface area contributed by atoms with E-state index in [9.17, 15) is 43.2 Å². The van der Waals surface area contributed by atoms with Crippen molar-refractivity contribution in [2.75, 3.05) is 39.6 Å². The van der Waals surface area contributed by atoms with Crippen molar-refractivity contribution in [3.63, 3.8) is 0 Å². The summed E-state index contributed by atoms with van der Waals surface area (Å²) >= 11 is 0. The first-order valence-electron chi connectivity index (χ1n) is 38.2.